The van der Waals surface area contributed by atoms with Crippen molar-refractivity contribution in [1.29, 1.82) is 0 Å². The molecule has 0 radical (unpaired) electrons. The van der Waals surface area contributed by atoms with Crippen molar-refractivity contribution in [3.8, 4) is 22.8 Å². The fraction of sp³-hybridized carbons (Fsp3) is 0. The van der Waals surface area contributed by atoms with E-state index in [9.17, 15) is 4.39 Å². The lowest BCUT2D eigenvalue weighted by Gasteiger charge is -2.00. The highest BCUT2D eigenvalue weighted by atomic mass is 79.9. The molecular weight excluding hydrogens is 327 g/mol. The van der Waals surface area contributed by atoms with Crippen molar-refractivity contribution in [3.63, 3.8) is 0 Å². The number of anilines is 1. The molecule has 0 unspecified atom stereocenters. The second-order valence-electron chi connectivity index (χ2n) is 4.02. The molecule has 0 aliphatic heterocycles. The van der Waals surface area contributed by atoms with Crippen LogP contribution in [0.1, 0.15) is 0 Å². The van der Waals surface area contributed by atoms with Gasteiger partial charge >= 0.3 is 0 Å². The molecule has 0 aliphatic rings. The highest BCUT2D eigenvalue weighted by Crippen LogP contribution is 2.29. The molecule has 3 aromatic rings. The van der Waals surface area contributed by atoms with Gasteiger partial charge in [-0.2, -0.15) is 4.98 Å². The minimum Gasteiger partial charge on any atom is -0.398 e. The van der Waals surface area contributed by atoms with Crippen LogP contribution in [0.5, 0.6) is 0 Å². The van der Waals surface area contributed by atoms with Crippen LogP contribution < -0.4 is 5.73 Å². The molecule has 1 aromatic carbocycles. The standard InChI is InChI=1S/C13H8BrFN4O/c14-8-4-7(5-17-6-8)12-18-13(20-19-12)11-9(15)2-1-3-10(11)16/h1-6H,16H2. The van der Waals surface area contributed by atoms with Gasteiger partial charge in [-0.25, -0.2) is 4.39 Å². The van der Waals surface area contributed by atoms with Gasteiger partial charge in [0.2, 0.25) is 5.82 Å². The van der Waals surface area contributed by atoms with Crippen LogP contribution in [-0.2, 0) is 0 Å². The van der Waals surface area contributed by atoms with E-state index in [2.05, 4.69) is 31.1 Å². The van der Waals surface area contributed by atoms with E-state index in [1.165, 1.54) is 12.1 Å². The summed E-state index contributed by atoms with van der Waals surface area (Å²) in [5.74, 6) is -0.153. The fourth-order valence-electron chi connectivity index (χ4n) is 1.74. The van der Waals surface area contributed by atoms with E-state index >= 15 is 0 Å². The number of pyridine rings is 1. The molecule has 20 heavy (non-hydrogen) atoms. The second-order valence-corrected chi connectivity index (χ2v) is 4.93. The molecule has 0 bridgehead atoms. The molecule has 0 aliphatic carbocycles. The molecule has 0 amide bonds. The zero-order valence-electron chi connectivity index (χ0n) is 10.0. The summed E-state index contributed by atoms with van der Waals surface area (Å²) in [6, 6.07) is 6.16. The van der Waals surface area contributed by atoms with E-state index in [1.54, 1.807) is 24.5 Å². The van der Waals surface area contributed by atoms with Gasteiger partial charge in [0.1, 0.15) is 5.82 Å². The Hall–Kier alpha value is -2.28. The van der Waals surface area contributed by atoms with E-state index < -0.39 is 5.82 Å². The Morgan fingerprint density at radius 3 is 2.85 bits per heavy atom. The highest BCUT2D eigenvalue weighted by Gasteiger charge is 2.17. The van der Waals surface area contributed by atoms with Crippen molar-refractivity contribution in [3.05, 3.63) is 46.9 Å². The maximum absolute atomic E-state index is 13.8. The summed E-state index contributed by atoms with van der Waals surface area (Å²) in [6.45, 7) is 0. The first-order chi connectivity index (χ1) is 9.65. The van der Waals surface area contributed by atoms with Crippen molar-refractivity contribution in [1.82, 2.24) is 15.1 Å². The Balaban J connectivity index is 2.07. The number of hydrogen-bond acceptors (Lipinski definition) is 5. The Morgan fingerprint density at radius 1 is 1.25 bits per heavy atom. The van der Waals surface area contributed by atoms with E-state index in [0.29, 0.717) is 11.4 Å². The number of nitrogens with zero attached hydrogens (tertiary/aromatic N) is 3. The molecule has 0 saturated carbocycles. The number of halogens is 2. The van der Waals surface area contributed by atoms with E-state index in [1.807, 2.05) is 0 Å². The van der Waals surface area contributed by atoms with Gasteiger partial charge in [-0.1, -0.05) is 11.2 Å². The first-order valence-corrected chi connectivity index (χ1v) is 6.43. The van der Waals surface area contributed by atoms with Gasteiger partial charge in [0.05, 0.1) is 5.56 Å². The van der Waals surface area contributed by atoms with E-state index in [-0.39, 0.29) is 17.1 Å². The number of nitrogens with two attached hydrogens (primary N) is 1. The molecule has 3 rings (SSSR count). The maximum atomic E-state index is 13.8. The topological polar surface area (TPSA) is 77.8 Å². The minimum atomic E-state index is -0.507. The third kappa shape index (κ3) is 2.27. The molecule has 2 heterocycles. The normalized spacial score (nSPS) is 10.7. The van der Waals surface area contributed by atoms with Crippen molar-refractivity contribution in [2.24, 2.45) is 0 Å². The number of aromatic nitrogens is 3. The van der Waals surface area contributed by atoms with Crippen LogP contribution in [0.25, 0.3) is 22.8 Å². The molecule has 100 valence electrons. The number of benzene rings is 1. The smallest absolute Gasteiger partial charge is 0.263 e. The maximum Gasteiger partial charge on any atom is 0.263 e. The Kier molecular flexibility index (Phi) is 3.19. The fourth-order valence-corrected chi connectivity index (χ4v) is 2.11. The van der Waals surface area contributed by atoms with Crippen molar-refractivity contribution >= 4 is 21.6 Å². The number of nitrogen functional groups attached to an aromatic ring is 1. The Bertz CT molecular complexity index is 754. The molecule has 2 N–H and O–H groups in total. The largest absolute Gasteiger partial charge is 0.398 e. The van der Waals surface area contributed by atoms with Crippen molar-refractivity contribution < 1.29 is 8.91 Å². The van der Waals surface area contributed by atoms with Crippen LogP contribution in [-0.4, -0.2) is 15.1 Å². The first kappa shape index (κ1) is 12.7. The van der Waals surface area contributed by atoms with E-state index in [0.717, 1.165) is 4.47 Å². The third-order valence-corrected chi connectivity index (χ3v) is 3.08. The van der Waals surface area contributed by atoms with Gasteiger partial charge in [0.15, 0.2) is 0 Å². The van der Waals surface area contributed by atoms with E-state index in [4.69, 9.17) is 10.3 Å². The average Bonchev–Trinajstić information content (AvgIpc) is 2.88. The highest BCUT2D eigenvalue weighted by molar-refractivity contribution is 9.10. The van der Waals surface area contributed by atoms with Gasteiger partial charge in [-0.15, -0.1) is 0 Å². The SMILES string of the molecule is Nc1cccc(F)c1-c1nc(-c2cncc(Br)c2)no1. The predicted molar refractivity (Wildman–Crippen MR) is 75.0 cm³/mol. The van der Waals surface area contributed by atoms with Gasteiger partial charge < -0.3 is 10.3 Å². The summed E-state index contributed by atoms with van der Waals surface area (Å²) in [6.07, 6.45) is 3.23. The second kappa shape index (κ2) is 5.01. The molecule has 0 fully saturated rings. The number of rotatable bonds is 2. The quantitative estimate of drug-likeness (QED) is 0.727. The predicted octanol–water partition coefficient (Wildman–Crippen LogP) is 3.28. The molecule has 0 saturated heterocycles. The van der Waals surface area contributed by atoms with Crippen LogP contribution in [0.3, 0.4) is 0 Å². The third-order valence-electron chi connectivity index (χ3n) is 2.65. The molecule has 7 heteroatoms. The zero-order valence-corrected chi connectivity index (χ0v) is 11.6. The zero-order chi connectivity index (χ0) is 14.1. The lowest BCUT2D eigenvalue weighted by Crippen LogP contribution is -1.93. The van der Waals surface area contributed by atoms with Crippen LogP contribution in [0.15, 0.2) is 45.7 Å². The molecule has 0 atom stereocenters. The molecule has 5 nitrogen and oxygen atoms in total. The van der Waals surface area contributed by atoms with Gasteiger partial charge in [0, 0.05) is 28.1 Å². The Labute approximate surface area is 121 Å². The summed E-state index contributed by atoms with van der Waals surface area (Å²) in [5, 5.41) is 3.82. The van der Waals surface area contributed by atoms with Crippen molar-refractivity contribution in [2.45, 2.75) is 0 Å². The summed E-state index contributed by atoms with van der Waals surface area (Å²) < 4.78 is 19.7. The minimum absolute atomic E-state index is 0.0376. The monoisotopic (exact) mass is 334 g/mol. The van der Waals surface area contributed by atoms with Crippen LogP contribution >= 0.6 is 15.9 Å². The summed E-state index contributed by atoms with van der Waals surface area (Å²) in [7, 11) is 0. The van der Waals surface area contributed by atoms with Gasteiger partial charge in [0.25, 0.3) is 5.89 Å². The summed E-state index contributed by atoms with van der Waals surface area (Å²) >= 11 is 3.31. The number of hydrogen-bond donors (Lipinski definition) is 1. The molecular formula is C13H8BrFN4O. The lowest BCUT2D eigenvalue weighted by molar-refractivity contribution is 0.430. The average molecular weight is 335 g/mol. The Morgan fingerprint density at radius 2 is 2.10 bits per heavy atom. The van der Waals surface area contributed by atoms with Gasteiger partial charge in [-0.3, -0.25) is 4.98 Å². The van der Waals surface area contributed by atoms with Crippen LogP contribution in [0, 0.1) is 5.82 Å². The van der Waals surface area contributed by atoms with Gasteiger partial charge in [-0.05, 0) is 34.1 Å². The lowest BCUT2D eigenvalue weighted by atomic mass is 10.1. The van der Waals surface area contributed by atoms with Crippen LogP contribution in [0.2, 0.25) is 0 Å². The molecule has 2 aromatic heterocycles. The first-order valence-electron chi connectivity index (χ1n) is 5.64. The van der Waals surface area contributed by atoms with Crippen molar-refractivity contribution in [2.75, 3.05) is 5.73 Å². The summed E-state index contributed by atoms with van der Waals surface area (Å²) in [5.41, 5.74) is 6.74. The van der Waals surface area contributed by atoms with Crippen LogP contribution in [0.4, 0.5) is 10.1 Å². The molecule has 0 spiro atoms. The summed E-state index contributed by atoms with van der Waals surface area (Å²) in [4.78, 5) is 8.17.